The van der Waals surface area contributed by atoms with Crippen LogP contribution in [0.5, 0.6) is 11.5 Å². The summed E-state index contributed by atoms with van der Waals surface area (Å²) in [5, 5.41) is 25.4. The lowest BCUT2D eigenvalue weighted by molar-refractivity contribution is -0.384. The van der Waals surface area contributed by atoms with Gasteiger partial charge in [-0.05, 0) is 18.2 Å². The Bertz CT molecular complexity index is 1250. The summed E-state index contributed by atoms with van der Waals surface area (Å²) in [5.74, 6) is -0.165. The predicted molar refractivity (Wildman–Crippen MR) is 114 cm³/mol. The Labute approximate surface area is 184 Å². The molecule has 4 rings (SSSR count). The topological polar surface area (TPSA) is 184 Å². The number of fused-ring (bicyclic) bond motifs is 1. The quantitative estimate of drug-likeness (QED) is 0.353. The Morgan fingerprint density at radius 2 is 1.70 bits per heavy atom. The number of nitro groups is 2. The zero-order valence-electron chi connectivity index (χ0n) is 16.7. The number of amides is 1. The third kappa shape index (κ3) is 4.68. The molecule has 0 bridgehead atoms. The monoisotopic (exact) mass is 453 g/mol. The summed E-state index contributed by atoms with van der Waals surface area (Å²) in [6.45, 7) is 0.802. The second kappa shape index (κ2) is 9.01. The van der Waals surface area contributed by atoms with Crippen molar-refractivity contribution in [1.29, 1.82) is 0 Å². The number of anilines is 3. The Kier molecular flexibility index (Phi) is 5.79. The molecule has 0 radical (unpaired) electrons. The average molecular weight is 453 g/mol. The van der Waals surface area contributed by atoms with Crippen molar-refractivity contribution in [3.05, 3.63) is 74.6 Å². The lowest BCUT2D eigenvalue weighted by Crippen LogP contribution is -2.30. The molecule has 2 aromatic carbocycles. The number of benzene rings is 2. The molecule has 0 aliphatic carbocycles. The maximum Gasteiger partial charge on any atom is 0.355 e. The molecular formula is C19H15N7O7. The number of hydrogen-bond acceptors (Lipinski definition) is 11. The van der Waals surface area contributed by atoms with Crippen LogP contribution in [-0.2, 0) is 0 Å². The highest BCUT2D eigenvalue weighted by Crippen LogP contribution is 2.36. The van der Waals surface area contributed by atoms with Gasteiger partial charge in [0.25, 0.3) is 11.6 Å². The lowest BCUT2D eigenvalue weighted by atomic mass is 10.2. The molecule has 0 atom stereocenters. The zero-order chi connectivity index (χ0) is 23.4. The standard InChI is InChI=1S/C19H15N7O7/c27-19(11-2-1-3-13(8-11)25(28)29)24-23-18-16(26(30)31)17(20-10-21-18)22-12-4-5-14-15(9-12)33-7-6-32-14/h1-5,8-10H,6-7H2,(H,24,27)(H2,20,21,22,23). The second-order valence-electron chi connectivity index (χ2n) is 6.55. The third-order valence-electron chi connectivity index (χ3n) is 4.42. The Balaban J connectivity index is 1.54. The molecular weight excluding hydrogens is 438 g/mol. The summed E-state index contributed by atoms with van der Waals surface area (Å²) >= 11 is 0. The first-order chi connectivity index (χ1) is 15.9. The van der Waals surface area contributed by atoms with Crippen molar-refractivity contribution in [2.45, 2.75) is 0 Å². The van der Waals surface area contributed by atoms with Crippen LogP contribution >= 0.6 is 0 Å². The largest absolute Gasteiger partial charge is 0.486 e. The molecule has 1 amide bonds. The molecule has 0 saturated heterocycles. The number of nitrogens with one attached hydrogen (secondary N) is 3. The maximum atomic E-state index is 12.3. The van der Waals surface area contributed by atoms with Gasteiger partial charge in [-0.15, -0.1) is 0 Å². The number of hydrogen-bond donors (Lipinski definition) is 3. The van der Waals surface area contributed by atoms with Crippen LogP contribution in [0, 0.1) is 20.2 Å². The van der Waals surface area contributed by atoms with Crippen LogP contribution in [-0.4, -0.2) is 38.9 Å². The third-order valence-corrected chi connectivity index (χ3v) is 4.42. The fourth-order valence-corrected chi connectivity index (χ4v) is 2.94. The number of carbonyl (C=O) groups is 1. The first-order valence-corrected chi connectivity index (χ1v) is 9.39. The van der Waals surface area contributed by atoms with Crippen LogP contribution < -0.4 is 25.6 Å². The fourth-order valence-electron chi connectivity index (χ4n) is 2.94. The minimum atomic E-state index is -0.757. The van der Waals surface area contributed by atoms with Crippen molar-refractivity contribution in [3.8, 4) is 11.5 Å². The molecule has 1 aliphatic heterocycles. The summed E-state index contributed by atoms with van der Waals surface area (Å²) < 4.78 is 10.9. The van der Waals surface area contributed by atoms with E-state index in [9.17, 15) is 25.0 Å². The molecule has 0 unspecified atom stereocenters. The van der Waals surface area contributed by atoms with Gasteiger partial charge in [0.1, 0.15) is 19.5 Å². The van der Waals surface area contributed by atoms with Crippen LogP contribution in [0.15, 0.2) is 48.8 Å². The summed E-state index contributed by atoms with van der Waals surface area (Å²) in [7, 11) is 0. The van der Waals surface area contributed by atoms with Crippen LogP contribution in [0.3, 0.4) is 0 Å². The highest BCUT2D eigenvalue weighted by molar-refractivity contribution is 5.95. The molecule has 3 N–H and O–H groups in total. The van der Waals surface area contributed by atoms with Gasteiger partial charge in [0.2, 0.25) is 11.6 Å². The van der Waals surface area contributed by atoms with Gasteiger partial charge in [0, 0.05) is 29.4 Å². The van der Waals surface area contributed by atoms with Crippen molar-refractivity contribution in [1.82, 2.24) is 15.4 Å². The van der Waals surface area contributed by atoms with Gasteiger partial charge in [-0.3, -0.25) is 35.9 Å². The van der Waals surface area contributed by atoms with Crippen molar-refractivity contribution < 1.29 is 24.1 Å². The van der Waals surface area contributed by atoms with E-state index in [1.807, 2.05) is 0 Å². The first kappa shape index (κ1) is 21.2. The predicted octanol–water partition coefficient (Wildman–Crippen LogP) is 2.56. The van der Waals surface area contributed by atoms with E-state index in [1.165, 1.54) is 18.2 Å². The lowest BCUT2D eigenvalue weighted by Gasteiger charge is -2.19. The molecule has 3 aromatic rings. The Morgan fingerprint density at radius 3 is 2.45 bits per heavy atom. The summed E-state index contributed by atoms with van der Waals surface area (Å²) in [6, 6.07) is 9.90. The Morgan fingerprint density at radius 1 is 0.939 bits per heavy atom. The summed E-state index contributed by atoms with van der Waals surface area (Å²) in [4.78, 5) is 41.3. The highest BCUT2D eigenvalue weighted by Gasteiger charge is 2.24. The van der Waals surface area contributed by atoms with Crippen molar-refractivity contribution in [2.24, 2.45) is 0 Å². The molecule has 0 spiro atoms. The smallest absolute Gasteiger partial charge is 0.355 e. The van der Waals surface area contributed by atoms with Crippen LogP contribution in [0.2, 0.25) is 0 Å². The number of rotatable bonds is 7. The van der Waals surface area contributed by atoms with E-state index >= 15 is 0 Å². The van der Waals surface area contributed by atoms with Gasteiger partial charge in [0.05, 0.1) is 9.85 Å². The number of ether oxygens (including phenoxy) is 2. The molecule has 1 aromatic heterocycles. The van der Waals surface area contributed by atoms with Gasteiger partial charge < -0.3 is 14.8 Å². The normalized spacial score (nSPS) is 11.9. The van der Waals surface area contributed by atoms with Crippen molar-refractivity contribution >= 4 is 34.6 Å². The van der Waals surface area contributed by atoms with Gasteiger partial charge in [0.15, 0.2) is 11.5 Å². The van der Waals surface area contributed by atoms with E-state index in [1.54, 1.807) is 18.2 Å². The Hall–Kier alpha value is -5.01. The highest BCUT2D eigenvalue weighted by atomic mass is 16.6. The van der Waals surface area contributed by atoms with Gasteiger partial charge in [-0.25, -0.2) is 9.97 Å². The van der Waals surface area contributed by atoms with E-state index in [0.717, 1.165) is 12.4 Å². The summed E-state index contributed by atoms with van der Waals surface area (Å²) in [6.07, 6.45) is 1.06. The number of aromatic nitrogens is 2. The number of nitro benzene ring substituents is 1. The van der Waals surface area contributed by atoms with Gasteiger partial charge in [-0.1, -0.05) is 6.07 Å². The molecule has 0 fully saturated rings. The van der Waals surface area contributed by atoms with Crippen LogP contribution in [0.25, 0.3) is 0 Å². The minimum absolute atomic E-state index is 0.0250. The van der Waals surface area contributed by atoms with Crippen LogP contribution in [0.4, 0.5) is 28.7 Å². The molecule has 33 heavy (non-hydrogen) atoms. The van der Waals surface area contributed by atoms with E-state index in [4.69, 9.17) is 9.47 Å². The number of non-ortho nitro benzene ring substituents is 1. The number of hydrazine groups is 1. The van der Waals surface area contributed by atoms with Crippen molar-refractivity contribution in [3.63, 3.8) is 0 Å². The average Bonchev–Trinajstić information content (AvgIpc) is 2.82. The van der Waals surface area contributed by atoms with Crippen molar-refractivity contribution in [2.75, 3.05) is 24.0 Å². The maximum absolute atomic E-state index is 12.3. The van der Waals surface area contributed by atoms with E-state index in [0.29, 0.717) is 30.4 Å². The molecule has 1 aliphatic rings. The first-order valence-electron chi connectivity index (χ1n) is 9.39. The number of nitrogens with zero attached hydrogens (tertiary/aromatic N) is 4. The van der Waals surface area contributed by atoms with Gasteiger partial charge in [-0.2, -0.15) is 0 Å². The zero-order valence-corrected chi connectivity index (χ0v) is 16.7. The van der Waals surface area contributed by atoms with E-state index < -0.39 is 21.4 Å². The SMILES string of the molecule is O=C(NNc1ncnc(Nc2ccc3c(c2)OCCO3)c1[N+](=O)[O-])c1cccc([N+](=O)[O-])c1. The van der Waals surface area contributed by atoms with E-state index in [-0.39, 0.29) is 22.9 Å². The number of carbonyl (C=O) groups excluding carboxylic acids is 1. The van der Waals surface area contributed by atoms with E-state index in [2.05, 4.69) is 26.1 Å². The molecule has 0 saturated carbocycles. The minimum Gasteiger partial charge on any atom is -0.486 e. The summed E-state index contributed by atoms with van der Waals surface area (Å²) in [5.41, 5.74) is 4.22. The van der Waals surface area contributed by atoms with Gasteiger partial charge >= 0.3 is 5.69 Å². The second-order valence-corrected chi connectivity index (χ2v) is 6.55. The molecule has 2 heterocycles. The van der Waals surface area contributed by atoms with Crippen LogP contribution in [0.1, 0.15) is 10.4 Å². The molecule has 168 valence electrons. The fraction of sp³-hybridized carbons (Fsp3) is 0.105. The molecule has 14 heteroatoms. The molecule has 14 nitrogen and oxygen atoms in total.